The molecule has 0 aliphatic heterocycles. The van der Waals surface area contributed by atoms with Crippen LogP contribution in [0.15, 0.2) is 115 Å². The van der Waals surface area contributed by atoms with Crippen molar-refractivity contribution in [3.8, 4) is 11.5 Å². The molecule has 252 valence electrons. The molecule has 0 heterocycles. The lowest BCUT2D eigenvalue weighted by molar-refractivity contribution is -0.114. The number of benzene rings is 5. The molecule has 0 bridgehead atoms. The lowest BCUT2D eigenvalue weighted by Crippen LogP contribution is -2.12. The molecule has 1 amide bonds. The molecule has 0 aliphatic rings. The van der Waals surface area contributed by atoms with Crippen molar-refractivity contribution in [3.63, 3.8) is 0 Å². The highest BCUT2D eigenvalue weighted by atomic mass is 32.2. The van der Waals surface area contributed by atoms with Gasteiger partial charge in [0.2, 0.25) is 5.91 Å². The Kier molecular flexibility index (Phi) is 9.75. The summed E-state index contributed by atoms with van der Waals surface area (Å²) in [5.74, 6) is -0.897. The molecule has 14 nitrogen and oxygen atoms in total. The second-order valence-electron chi connectivity index (χ2n) is 10.8. The van der Waals surface area contributed by atoms with Gasteiger partial charge in [0, 0.05) is 24.1 Å². The molecule has 0 aliphatic carbocycles. The molecular weight excluding hydrogens is 673 g/mol. The van der Waals surface area contributed by atoms with Gasteiger partial charge >= 0.3 is 0 Å². The Labute approximate surface area is 282 Å². The van der Waals surface area contributed by atoms with Gasteiger partial charge in [-0.2, -0.15) is 18.6 Å². The first-order valence-electron chi connectivity index (χ1n) is 14.4. The molecule has 0 saturated carbocycles. The van der Waals surface area contributed by atoms with Crippen molar-refractivity contribution in [3.05, 3.63) is 96.1 Å². The first kappa shape index (κ1) is 34.6. The maximum atomic E-state index is 12.8. The van der Waals surface area contributed by atoms with E-state index in [1.165, 1.54) is 62.6 Å². The van der Waals surface area contributed by atoms with Gasteiger partial charge in [0.15, 0.2) is 5.75 Å². The van der Waals surface area contributed by atoms with Gasteiger partial charge in [-0.3, -0.25) is 14.1 Å². The van der Waals surface area contributed by atoms with Crippen molar-refractivity contribution in [2.45, 2.75) is 30.6 Å². The zero-order valence-corrected chi connectivity index (χ0v) is 28.2. The Bertz CT molecular complexity index is 2360. The highest BCUT2D eigenvalue weighted by Crippen LogP contribution is 2.45. The average Bonchev–Trinajstić information content (AvgIpc) is 3.04. The third kappa shape index (κ3) is 7.89. The number of hydrogen-bond acceptors (Lipinski definition) is 11. The number of amides is 1. The smallest absolute Gasteiger partial charge is 0.296 e. The molecule has 0 atom stereocenters. The number of aryl methyl sites for hydroxylation is 2. The van der Waals surface area contributed by atoms with Gasteiger partial charge in [-0.15, -0.1) is 10.2 Å². The first-order chi connectivity index (χ1) is 23.2. The van der Waals surface area contributed by atoms with Gasteiger partial charge in [0.25, 0.3) is 20.1 Å². The van der Waals surface area contributed by atoms with Crippen LogP contribution in [-0.2, 0) is 24.9 Å². The summed E-state index contributed by atoms with van der Waals surface area (Å²) in [5.41, 5.74) is 2.51. The zero-order chi connectivity index (χ0) is 35.5. The van der Waals surface area contributed by atoms with E-state index in [9.17, 15) is 31.3 Å². The van der Waals surface area contributed by atoms with Crippen LogP contribution in [0, 0.1) is 13.8 Å². The normalized spacial score (nSPS) is 12.1. The molecule has 4 N–H and O–H groups in total. The molecule has 0 aromatic heterocycles. The van der Waals surface area contributed by atoms with Crippen LogP contribution in [0.2, 0.25) is 0 Å². The summed E-state index contributed by atoms with van der Waals surface area (Å²) in [6.07, 6.45) is 0. The number of fused-ring (bicyclic) bond motifs is 1. The van der Waals surface area contributed by atoms with E-state index in [0.717, 1.165) is 11.6 Å². The molecule has 0 radical (unpaired) electrons. The second kappa shape index (κ2) is 13.8. The van der Waals surface area contributed by atoms with Crippen LogP contribution in [0.4, 0.5) is 34.1 Å². The number of nitrogens with one attached hydrogen (secondary N) is 2. The van der Waals surface area contributed by atoms with E-state index < -0.39 is 42.4 Å². The van der Waals surface area contributed by atoms with Crippen molar-refractivity contribution in [1.29, 1.82) is 0 Å². The van der Waals surface area contributed by atoms with Crippen molar-refractivity contribution < 1.29 is 36.0 Å². The number of sulfonamides is 1. The number of hydrogen-bond donors (Lipinski definition) is 4. The molecule has 0 unspecified atom stereocenters. The molecule has 0 fully saturated rings. The lowest BCUT2D eigenvalue weighted by Gasteiger charge is -2.13. The lowest BCUT2D eigenvalue weighted by atomic mass is 10.1. The van der Waals surface area contributed by atoms with Crippen molar-refractivity contribution in [2.24, 2.45) is 20.5 Å². The second-order valence-corrected chi connectivity index (χ2v) is 13.9. The predicted molar refractivity (Wildman–Crippen MR) is 184 cm³/mol. The summed E-state index contributed by atoms with van der Waals surface area (Å²) in [7, 11) is -7.33. The van der Waals surface area contributed by atoms with Crippen LogP contribution in [-0.4, -0.2) is 39.5 Å². The van der Waals surface area contributed by atoms with Gasteiger partial charge in [-0.05, 0) is 79.4 Å². The van der Waals surface area contributed by atoms with E-state index in [2.05, 4.69) is 30.5 Å². The van der Waals surface area contributed by atoms with Crippen molar-refractivity contribution >= 4 is 70.9 Å². The van der Waals surface area contributed by atoms with Crippen LogP contribution in [0.5, 0.6) is 11.5 Å². The van der Waals surface area contributed by atoms with Crippen molar-refractivity contribution in [1.82, 2.24) is 0 Å². The number of carbonyl (C=O) groups excluding carboxylic acids is 1. The van der Waals surface area contributed by atoms with E-state index in [1.807, 2.05) is 6.92 Å². The SMILES string of the molecule is COc1cc(/N=N/c2ccc(S(=O)(=O)Nc3ccc(C)cc3)cc2)c(C)cc1/N=N/c1c(S(=O)(=O)O)cc2cccc(NC(C)=O)c2c1O. The standard InChI is InChI=1S/C33H30N6O8S2/c1-19-8-10-24(11-9-19)39-48(42,43)25-14-12-23(13-15-25)35-36-27-18-29(47-4)28(16-20(27)2)37-38-32-30(49(44,45)46)17-22-6-5-7-26(34-21(3)40)31(22)33(32)41/h5-18,39,41H,1-4H3,(H,34,40)(H,44,45,46)/b36-35+,38-37+. The number of methoxy groups -OCH3 is 1. The average molecular weight is 703 g/mol. The number of nitrogens with zero attached hydrogens (tertiary/aromatic N) is 4. The molecule has 5 aromatic carbocycles. The van der Waals surface area contributed by atoms with E-state index in [4.69, 9.17) is 4.74 Å². The Morgan fingerprint density at radius 2 is 1.49 bits per heavy atom. The number of carbonyl (C=O) groups is 1. The Morgan fingerprint density at radius 3 is 2.12 bits per heavy atom. The van der Waals surface area contributed by atoms with E-state index >= 15 is 0 Å². The first-order valence-corrected chi connectivity index (χ1v) is 17.3. The summed E-state index contributed by atoms with van der Waals surface area (Å²) in [4.78, 5) is 11.1. The van der Waals surface area contributed by atoms with Crippen LogP contribution in [0.3, 0.4) is 0 Å². The minimum absolute atomic E-state index is 0.0422. The monoisotopic (exact) mass is 702 g/mol. The number of phenolic OH excluding ortho intramolecular Hbond substituents is 1. The minimum Gasteiger partial charge on any atom is -0.505 e. The summed E-state index contributed by atoms with van der Waals surface area (Å²) in [6.45, 7) is 4.88. The fourth-order valence-corrected chi connectivity index (χ4v) is 6.46. The van der Waals surface area contributed by atoms with Gasteiger partial charge in [-0.25, -0.2) is 8.42 Å². The molecule has 16 heteroatoms. The van der Waals surface area contributed by atoms with E-state index in [-0.39, 0.29) is 32.8 Å². The predicted octanol–water partition coefficient (Wildman–Crippen LogP) is 8.01. The number of aromatic hydroxyl groups is 1. The third-order valence-electron chi connectivity index (χ3n) is 7.15. The molecular formula is C33H30N6O8S2. The third-order valence-corrected chi connectivity index (χ3v) is 9.41. The van der Waals surface area contributed by atoms with Crippen molar-refractivity contribution in [2.75, 3.05) is 17.1 Å². The molecule has 49 heavy (non-hydrogen) atoms. The molecule has 5 aromatic rings. The summed E-state index contributed by atoms with van der Waals surface area (Å²) in [6, 6.07) is 21.5. The maximum absolute atomic E-state index is 12.8. The Morgan fingerprint density at radius 1 is 0.816 bits per heavy atom. The van der Waals surface area contributed by atoms with Crippen LogP contribution >= 0.6 is 0 Å². The van der Waals surface area contributed by atoms with Crippen LogP contribution in [0.1, 0.15) is 18.1 Å². The highest BCUT2D eigenvalue weighted by Gasteiger charge is 2.24. The maximum Gasteiger partial charge on any atom is 0.296 e. The van der Waals surface area contributed by atoms with Crippen LogP contribution < -0.4 is 14.8 Å². The van der Waals surface area contributed by atoms with Gasteiger partial charge < -0.3 is 15.2 Å². The quantitative estimate of drug-likeness (QED) is 0.0825. The fourth-order valence-electron chi connectivity index (χ4n) is 4.74. The zero-order valence-electron chi connectivity index (χ0n) is 26.5. The van der Waals surface area contributed by atoms with Crippen LogP contribution in [0.25, 0.3) is 10.8 Å². The largest absolute Gasteiger partial charge is 0.505 e. The van der Waals surface area contributed by atoms with E-state index in [1.54, 1.807) is 37.3 Å². The van der Waals surface area contributed by atoms with Gasteiger partial charge in [0.1, 0.15) is 22.0 Å². The molecule has 0 spiro atoms. The van der Waals surface area contributed by atoms with E-state index in [0.29, 0.717) is 22.6 Å². The minimum atomic E-state index is -4.88. The number of rotatable bonds is 10. The topological polar surface area (TPSA) is 209 Å². The molecule has 0 saturated heterocycles. The summed E-state index contributed by atoms with van der Waals surface area (Å²) in [5, 5.41) is 30.6. The van der Waals surface area contributed by atoms with Gasteiger partial charge in [-0.1, -0.05) is 29.8 Å². The fraction of sp³-hybridized carbons (Fsp3) is 0.121. The summed E-state index contributed by atoms with van der Waals surface area (Å²) < 4.78 is 68.1. The number of azo groups is 2. The Balaban J connectivity index is 1.44. The Hall–Kier alpha value is -5.71. The summed E-state index contributed by atoms with van der Waals surface area (Å²) >= 11 is 0. The molecule has 5 rings (SSSR count). The highest BCUT2D eigenvalue weighted by molar-refractivity contribution is 7.92. The van der Waals surface area contributed by atoms with Gasteiger partial charge in [0.05, 0.1) is 29.1 Å². The number of phenols is 1. The number of ether oxygens (including phenoxy) is 1. The number of anilines is 2.